The van der Waals surface area contributed by atoms with E-state index in [4.69, 9.17) is 10.8 Å². The zero-order chi connectivity index (χ0) is 22.9. The smallest absolute Gasteiger partial charge is 0.103 e. The van der Waals surface area contributed by atoms with Crippen molar-refractivity contribution in [3.63, 3.8) is 0 Å². The number of nitriles is 1. The quantitative estimate of drug-likeness (QED) is 0.461. The number of benzene rings is 1. The van der Waals surface area contributed by atoms with Crippen molar-refractivity contribution in [1.82, 2.24) is 24.3 Å². The largest absolute Gasteiger partial charge is 0.396 e. The normalized spacial score (nSPS) is 18.6. The van der Waals surface area contributed by atoms with E-state index in [-0.39, 0.29) is 0 Å². The maximum atomic E-state index is 9.51. The lowest BCUT2D eigenvalue weighted by molar-refractivity contribution is 0.189. The molecule has 1 aliphatic carbocycles. The number of fused-ring (bicyclic) bond motifs is 1. The lowest BCUT2D eigenvalue weighted by Crippen LogP contribution is -2.32. The molecule has 0 saturated heterocycles. The first-order chi connectivity index (χ1) is 16.0. The maximum Gasteiger partial charge on any atom is 0.103 e. The van der Waals surface area contributed by atoms with Crippen molar-refractivity contribution in [3.8, 4) is 17.2 Å². The van der Waals surface area contributed by atoms with Crippen molar-refractivity contribution in [2.45, 2.75) is 47.6 Å². The molecule has 168 valence electrons. The van der Waals surface area contributed by atoms with Crippen LogP contribution in [0.5, 0.6) is 0 Å². The SMILES string of the molecule is CN(C)C1CCC(n2cc(-c3cc(Sc4ccccc4C#N)c4c(N)cnn4c3)cn2)CC1. The van der Waals surface area contributed by atoms with Crippen LogP contribution in [0, 0.1) is 11.3 Å². The van der Waals surface area contributed by atoms with Crippen molar-refractivity contribution in [3.05, 3.63) is 60.7 Å². The molecule has 1 saturated carbocycles. The minimum Gasteiger partial charge on any atom is -0.396 e. The monoisotopic (exact) mass is 457 g/mol. The molecular formula is C25H27N7S. The number of hydrogen-bond acceptors (Lipinski definition) is 6. The molecule has 33 heavy (non-hydrogen) atoms. The van der Waals surface area contributed by atoms with Crippen molar-refractivity contribution in [2.24, 2.45) is 0 Å². The average Bonchev–Trinajstić information content (AvgIpc) is 3.47. The number of nitrogens with two attached hydrogens (primary N) is 1. The molecule has 0 spiro atoms. The summed E-state index contributed by atoms with van der Waals surface area (Å²) in [6.07, 6.45) is 12.4. The van der Waals surface area contributed by atoms with Crippen molar-refractivity contribution in [1.29, 1.82) is 5.26 Å². The Labute approximate surface area is 197 Å². The van der Waals surface area contributed by atoms with E-state index in [1.165, 1.54) is 24.6 Å². The van der Waals surface area contributed by atoms with Crippen LogP contribution < -0.4 is 5.73 Å². The van der Waals surface area contributed by atoms with Gasteiger partial charge in [0.05, 0.1) is 29.7 Å². The van der Waals surface area contributed by atoms with Gasteiger partial charge in [0.15, 0.2) is 0 Å². The maximum absolute atomic E-state index is 9.51. The summed E-state index contributed by atoms with van der Waals surface area (Å²) in [6.45, 7) is 0. The fourth-order valence-corrected chi connectivity index (χ4v) is 5.74. The molecule has 3 heterocycles. The summed E-state index contributed by atoms with van der Waals surface area (Å²) in [5.41, 5.74) is 10.4. The summed E-state index contributed by atoms with van der Waals surface area (Å²) in [5.74, 6) is 0. The minimum atomic E-state index is 0.440. The predicted octanol–water partition coefficient (Wildman–Crippen LogP) is 4.85. The summed E-state index contributed by atoms with van der Waals surface area (Å²) in [4.78, 5) is 4.19. The van der Waals surface area contributed by atoms with Crippen molar-refractivity contribution >= 4 is 23.0 Å². The number of nitrogens with zero attached hydrogens (tertiary/aromatic N) is 6. The van der Waals surface area contributed by atoms with Crippen molar-refractivity contribution < 1.29 is 0 Å². The predicted molar refractivity (Wildman–Crippen MR) is 131 cm³/mol. The third-order valence-corrected chi connectivity index (χ3v) is 7.65. The Bertz CT molecular complexity index is 1320. The zero-order valence-corrected chi connectivity index (χ0v) is 19.7. The van der Waals surface area contributed by atoms with E-state index < -0.39 is 0 Å². The van der Waals surface area contributed by atoms with Gasteiger partial charge in [0, 0.05) is 39.4 Å². The number of aromatic nitrogens is 4. The summed E-state index contributed by atoms with van der Waals surface area (Å²) >= 11 is 1.54. The van der Waals surface area contributed by atoms with Gasteiger partial charge < -0.3 is 10.6 Å². The van der Waals surface area contributed by atoms with Gasteiger partial charge in [-0.1, -0.05) is 23.9 Å². The second-order valence-electron chi connectivity index (χ2n) is 8.83. The van der Waals surface area contributed by atoms with E-state index in [1.807, 2.05) is 41.2 Å². The second kappa shape index (κ2) is 8.93. The van der Waals surface area contributed by atoms with Crippen LogP contribution in [0.3, 0.4) is 0 Å². The Morgan fingerprint density at radius 1 is 1.03 bits per heavy atom. The molecule has 0 unspecified atom stereocenters. The van der Waals surface area contributed by atoms with E-state index in [1.54, 1.807) is 6.20 Å². The summed E-state index contributed by atoms with van der Waals surface area (Å²) in [7, 11) is 4.33. The highest BCUT2D eigenvalue weighted by molar-refractivity contribution is 7.99. The van der Waals surface area contributed by atoms with E-state index in [0.717, 1.165) is 39.3 Å². The molecule has 1 fully saturated rings. The molecule has 0 aliphatic heterocycles. The van der Waals surface area contributed by atoms with Gasteiger partial charge in [-0.3, -0.25) is 4.68 Å². The molecule has 2 N–H and O–H groups in total. The Kier molecular flexibility index (Phi) is 5.83. The Hall–Kier alpha value is -3.28. The number of nitrogen functional groups attached to an aromatic ring is 1. The van der Waals surface area contributed by atoms with Crippen LogP contribution in [0.25, 0.3) is 16.6 Å². The van der Waals surface area contributed by atoms with E-state index in [9.17, 15) is 5.26 Å². The van der Waals surface area contributed by atoms with Crippen molar-refractivity contribution in [2.75, 3.05) is 19.8 Å². The standard InChI is InChI=1S/C25H27N7S/c1-30(2)20-7-9-21(10-8-20)31-16-19(13-28-31)18-11-24(25-22(27)14-29-32(25)15-18)33-23-6-4-3-5-17(23)12-26/h3-6,11,13-16,20-21H,7-10,27H2,1-2H3. The zero-order valence-electron chi connectivity index (χ0n) is 18.8. The highest BCUT2D eigenvalue weighted by Crippen LogP contribution is 2.38. The van der Waals surface area contributed by atoms with Gasteiger partial charge in [-0.2, -0.15) is 15.5 Å². The lowest BCUT2D eigenvalue weighted by Gasteiger charge is -2.32. The molecule has 7 nitrogen and oxygen atoms in total. The third-order valence-electron chi connectivity index (χ3n) is 6.54. The molecule has 4 aromatic rings. The highest BCUT2D eigenvalue weighted by Gasteiger charge is 2.24. The van der Waals surface area contributed by atoms with Crippen LogP contribution >= 0.6 is 11.8 Å². The number of rotatable bonds is 5. The molecule has 0 amide bonds. The molecule has 8 heteroatoms. The molecule has 1 aliphatic rings. The van der Waals surface area contributed by atoms with E-state index in [0.29, 0.717) is 23.3 Å². The summed E-state index contributed by atoms with van der Waals surface area (Å²) < 4.78 is 3.95. The first-order valence-corrected chi connectivity index (χ1v) is 12.0. The van der Waals surface area contributed by atoms with Gasteiger partial charge >= 0.3 is 0 Å². The van der Waals surface area contributed by atoms with Crippen LogP contribution in [-0.2, 0) is 0 Å². The van der Waals surface area contributed by atoms with Crippen LogP contribution in [0.2, 0.25) is 0 Å². The topological polar surface area (TPSA) is 88.2 Å². The Balaban J connectivity index is 1.47. The van der Waals surface area contributed by atoms with E-state index >= 15 is 0 Å². The van der Waals surface area contributed by atoms with Crippen LogP contribution in [0.15, 0.2) is 64.9 Å². The molecule has 0 radical (unpaired) electrons. The molecule has 1 aromatic carbocycles. The van der Waals surface area contributed by atoms with Gasteiger partial charge in [-0.25, -0.2) is 4.52 Å². The van der Waals surface area contributed by atoms with Gasteiger partial charge in [-0.15, -0.1) is 0 Å². The minimum absolute atomic E-state index is 0.440. The van der Waals surface area contributed by atoms with Gasteiger partial charge in [-0.05, 0) is 58.0 Å². The van der Waals surface area contributed by atoms with Gasteiger partial charge in [0.1, 0.15) is 11.6 Å². The first-order valence-electron chi connectivity index (χ1n) is 11.2. The fraction of sp³-hybridized carbons (Fsp3) is 0.320. The van der Waals surface area contributed by atoms with Crippen LogP contribution in [0.1, 0.15) is 37.3 Å². The molecule has 0 atom stereocenters. The average molecular weight is 458 g/mol. The van der Waals surface area contributed by atoms with E-state index in [2.05, 4.69) is 47.1 Å². The second-order valence-corrected chi connectivity index (χ2v) is 9.91. The molecule has 0 bridgehead atoms. The number of hydrogen-bond donors (Lipinski definition) is 1. The fourth-order valence-electron chi connectivity index (χ4n) is 4.64. The lowest BCUT2D eigenvalue weighted by atomic mass is 9.91. The summed E-state index contributed by atoms with van der Waals surface area (Å²) in [5, 5.41) is 18.7. The van der Waals surface area contributed by atoms with Gasteiger partial charge in [0.2, 0.25) is 0 Å². The molecular weight excluding hydrogens is 430 g/mol. The van der Waals surface area contributed by atoms with Crippen LogP contribution in [-0.4, -0.2) is 44.4 Å². The number of anilines is 1. The highest BCUT2D eigenvalue weighted by atomic mass is 32.2. The first kappa shape index (κ1) is 21.6. The molecule has 5 rings (SSSR count). The third kappa shape index (κ3) is 4.22. The Morgan fingerprint density at radius 3 is 2.58 bits per heavy atom. The molecule has 3 aromatic heterocycles. The van der Waals surface area contributed by atoms with Gasteiger partial charge in [0.25, 0.3) is 0 Å². The summed E-state index contributed by atoms with van der Waals surface area (Å²) in [6, 6.07) is 13.1. The van der Waals surface area contributed by atoms with Crippen LogP contribution in [0.4, 0.5) is 5.69 Å². The Morgan fingerprint density at radius 2 is 1.82 bits per heavy atom. The number of pyridine rings is 1.